The molecule has 0 spiro atoms. The van der Waals surface area contributed by atoms with Gasteiger partial charge in [0.15, 0.2) is 0 Å². The van der Waals surface area contributed by atoms with E-state index in [-0.39, 0.29) is 6.04 Å². The average Bonchev–Trinajstić information content (AvgIpc) is 2.28. The number of benzene rings is 1. The highest BCUT2D eigenvalue weighted by Gasteiger charge is 2.09. The molecule has 1 aromatic rings. The van der Waals surface area contributed by atoms with Crippen LogP contribution in [-0.2, 0) is 6.42 Å². The van der Waals surface area contributed by atoms with Crippen LogP contribution in [0.15, 0.2) is 18.2 Å². The summed E-state index contributed by atoms with van der Waals surface area (Å²) in [4.78, 5) is 0. The van der Waals surface area contributed by atoms with Gasteiger partial charge in [0.1, 0.15) is 5.75 Å². The van der Waals surface area contributed by atoms with Gasteiger partial charge in [-0.05, 0) is 37.3 Å². The number of nitrogens with two attached hydrogens (primary N) is 1. The average molecular weight is 221 g/mol. The molecule has 0 bridgehead atoms. The largest absolute Gasteiger partial charge is 0.493 e. The molecule has 1 unspecified atom stereocenters. The van der Waals surface area contributed by atoms with Crippen LogP contribution in [0.5, 0.6) is 5.75 Å². The van der Waals surface area contributed by atoms with Gasteiger partial charge in [-0.3, -0.25) is 0 Å². The summed E-state index contributed by atoms with van der Waals surface area (Å²) >= 11 is 0. The normalized spacial score (nSPS) is 12.5. The quantitative estimate of drug-likeness (QED) is 0.801. The van der Waals surface area contributed by atoms with E-state index in [1.54, 1.807) is 0 Å². The zero-order chi connectivity index (χ0) is 12.0. The molecule has 0 aliphatic heterocycles. The Balaban J connectivity index is 2.84. The molecule has 0 saturated carbocycles. The molecule has 1 rings (SSSR count). The van der Waals surface area contributed by atoms with E-state index in [9.17, 15) is 0 Å². The fraction of sp³-hybridized carbons (Fsp3) is 0.571. The third-order valence-electron chi connectivity index (χ3n) is 2.75. The Morgan fingerprint density at radius 1 is 1.31 bits per heavy atom. The maximum absolute atomic E-state index is 6.00. The number of aryl methyl sites for hydroxylation is 1. The lowest BCUT2D eigenvalue weighted by Crippen LogP contribution is -2.22. The summed E-state index contributed by atoms with van der Waals surface area (Å²) in [5.41, 5.74) is 8.44. The molecule has 0 radical (unpaired) electrons. The Labute approximate surface area is 98.8 Å². The van der Waals surface area contributed by atoms with Crippen molar-refractivity contribution in [2.24, 2.45) is 5.73 Å². The SMILES string of the molecule is CCCOc1c(C)cccc1CC(N)CC. The van der Waals surface area contributed by atoms with E-state index in [0.29, 0.717) is 0 Å². The lowest BCUT2D eigenvalue weighted by molar-refractivity contribution is 0.311. The zero-order valence-corrected chi connectivity index (χ0v) is 10.6. The molecule has 2 N–H and O–H groups in total. The van der Waals surface area contributed by atoms with Crippen molar-refractivity contribution in [1.82, 2.24) is 0 Å². The molecule has 16 heavy (non-hydrogen) atoms. The van der Waals surface area contributed by atoms with Gasteiger partial charge >= 0.3 is 0 Å². The summed E-state index contributed by atoms with van der Waals surface area (Å²) in [5.74, 6) is 1.04. The van der Waals surface area contributed by atoms with Crippen LogP contribution < -0.4 is 10.5 Å². The molecule has 0 amide bonds. The van der Waals surface area contributed by atoms with E-state index < -0.39 is 0 Å². The van der Waals surface area contributed by atoms with E-state index in [2.05, 4.69) is 39.0 Å². The van der Waals surface area contributed by atoms with Gasteiger partial charge in [-0.1, -0.05) is 32.0 Å². The summed E-state index contributed by atoms with van der Waals surface area (Å²) in [6, 6.07) is 6.51. The van der Waals surface area contributed by atoms with E-state index in [1.165, 1.54) is 11.1 Å². The van der Waals surface area contributed by atoms with Gasteiger partial charge in [-0.15, -0.1) is 0 Å². The van der Waals surface area contributed by atoms with E-state index in [1.807, 2.05) is 0 Å². The first-order chi connectivity index (χ1) is 7.69. The van der Waals surface area contributed by atoms with Crippen LogP contribution in [0.2, 0.25) is 0 Å². The zero-order valence-electron chi connectivity index (χ0n) is 10.6. The van der Waals surface area contributed by atoms with Crippen molar-refractivity contribution in [3.63, 3.8) is 0 Å². The highest BCUT2D eigenvalue weighted by Crippen LogP contribution is 2.25. The molecule has 1 atom stereocenters. The summed E-state index contributed by atoms with van der Waals surface area (Å²) in [6.45, 7) is 7.11. The predicted octanol–water partition coefficient (Wildman–Crippen LogP) is 3.06. The molecule has 0 heterocycles. The molecule has 1 aromatic carbocycles. The first kappa shape index (κ1) is 13.0. The first-order valence-corrected chi connectivity index (χ1v) is 6.15. The Bertz CT molecular complexity index is 323. The summed E-state index contributed by atoms with van der Waals surface area (Å²) in [5, 5.41) is 0. The van der Waals surface area contributed by atoms with Crippen molar-refractivity contribution in [2.45, 2.75) is 46.1 Å². The number of para-hydroxylation sites is 1. The fourth-order valence-electron chi connectivity index (χ4n) is 1.71. The molecule has 2 nitrogen and oxygen atoms in total. The van der Waals surface area contributed by atoms with Crippen LogP contribution in [0.1, 0.15) is 37.8 Å². The number of rotatable bonds is 6. The standard InChI is InChI=1S/C14H23NO/c1-4-9-16-14-11(3)7-6-8-12(14)10-13(15)5-2/h6-8,13H,4-5,9-10,15H2,1-3H3. The monoisotopic (exact) mass is 221 g/mol. The molecule has 90 valence electrons. The van der Waals surface area contributed by atoms with Gasteiger partial charge in [0.25, 0.3) is 0 Å². The van der Waals surface area contributed by atoms with Crippen LogP contribution in [0.25, 0.3) is 0 Å². The number of hydrogen-bond acceptors (Lipinski definition) is 2. The Morgan fingerprint density at radius 3 is 2.69 bits per heavy atom. The van der Waals surface area contributed by atoms with Gasteiger partial charge in [0, 0.05) is 6.04 Å². The van der Waals surface area contributed by atoms with Crippen molar-refractivity contribution in [2.75, 3.05) is 6.61 Å². The van der Waals surface area contributed by atoms with Gasteiger partial charge < -0.3 is 10.5 Å². The fourth-order valence-corrected chi connectivity index (χ4v) is 1.71. The van der Waals surface area contributed by atoms with Gasteiger partial charge in [0.2, 0.25) is 0 Å². The van der Waals surface area contributed by atoms with Crippen molar-refractivity contribution >= 4 is 0 Å². The summed E-state index contributed by atoms with van der Waals surface area (Å²) in [7, 11) is 0. The number of ether oxygens (including phenoxy) is 1. The minimum absolute atomic E-state index is 0.228. The highest BCUT2D eigenvalue weighted by atomic mass is 16.5. The molecule has 0 aliphatic carbocycles. The maximum Gasteiger partial charge on any atom is 0.125 e. The van der Waals surface area contributed by atoms with Crippen molar-refractivity contribution in [3.8, 4) is 5.75 Å². The van der Waals surface area contributed by atoms with Gasteiger partial charge in [0.05, 0.1) is 6.61 Å². The van der Waals surface area contributed by atoms with Crippen molar-refractivity contribution in [3.05, 3.63) is 29.3 Å². The third kappa shape index (κ3) is 3.53. The van der Waals surface area contributed by atoms with E-state index in [4.69, 9.17) is 10.5 Å². The minimum atomic E-state index is 0.228. The Kier molecular flexibility index (Phi) is 5.33. The maximum atomic E-state index is 6.00. The van der Waals surface area contributed by atoms with E-state index >= 15 is 0 Å². The second-order valence-corrected chi connectivity index (χ2v) is 4.28. The second-order valence-electron chi connectivity index (χ2n) is 4.28. The van der Waals surface area contributed by atoms with Crippen LogP contribution >= 0.6 is 0 Å². The van der Waals surface area contributed by atoms with Crippen molar-refractivity contribution < 1.29 is 4.74 Å². The minimum Gasteiger partial charge on any atom is -0.493 e. The molecular weight excluding hydrogens is 198 g/mol. The first-order valence-electron chi connectivity index (χ1n) is 6.15. The molecule has 0 aliphatic rings. The van der Waals surface area contributed by atoms with E-state index in [0.717, 1.165) is 31.6 Å². The number of hydrogen-bond donors (Lipinski definition) is 1. The predicted molar refractivity (Wildman–Crippen MR) is 68.9 cm³/mol. The topological polar surface area (TPSA) is 35.2 Å². The Hall–Kier alpha value is -1.02. The molecule has 0 fully saturated rings. The van der Waals surface area contributed by atoms with Crippen LogP contribution in [0.4, 0.5) is 0 Å². The summed E-state index contributed by atoms with van der Waals surface area (Å²) in [6.07, 6.45) is 2.94. The molecular formula is C14H23NO. The van der Waals surface area contributed by atoms with Crippen LogP contribution in [0, 0.1) is 6.92 Å². The van der Waals surface area contributed by atoms with Gasteiger partial charge in [-0.2, -0.15) is 0 Å². The van der Waals surface area contributed by atoms with Crippen molar-refractivity contribution in [1.29, 1.82) is 0 Å². The Morgan fingerprint density at radius 2 is 2.06 bits per heavy atom. The smallest absolute Gasteiger partial charge is 0.125 e. The lowest BCUT2D eigenvalue weighted by atomic mass is 10.0. The lowest BCUT2D eigenvalue weighted by Gasteiger charge is -2.16. The highest BCUT2D eigenvalue weighted by molar-refractivity contribution is 5.41. The molecule has 2 heteroatoms. The van der Waals surface area contributed by atoms with Gasteiger partial charge in [-0.25, -0.2) is 0 Å². The summed E-state index contributed by atoms with van der Waals surface area (Å²) < 4.78 is 5.81. The van der Waals surface area contributed by atoms with Crippen LogP contribution in [-0.4, -0.2) is 12.6 Å². The molecule has 0 aromatic heterocycles. The second kappa shape index (κ2) is 6.54. The molecule has 0 saturated heterocycles. The van der Waals surface area contributed by atoms with Crippen LogP contribution in [0.3, 0.4) is 0 Å². The third-order valence-corrected chi connectivity index (χ3v) is 2.75.